The van der Waals surface area contributed by atoms with Gasteiger partial charge in [0.1, 0.15) is 6.07 Å². The summed E-state index contributed by atoms with van der Waals surface area (Å²) in [6.45, 7) is -0.0697. The summed E-state index contributed by atoms with van der Waals surface area (Å²) in [5.41, 5.74) is 1.27. The molecule has 1 aromatic carbocycles. The molecule has 1 rings (SSSR count). The van der Waals surface area contributed by atoms with Gasteiger partial charge in [-0.1, -0.05) is 12.1 Å². The van der Waals surface area contributed by atoms with Crippen LogP contribution in [-0.4, -0.2) is 5.11 Å². The fourth-order valence-corrected chi connectivity index (χ4v) is 1.50. The van der Waals surface area contributed by atoms with Gasteiger partial charge in [-0.3, -0.25) is 0 Å². The zero-order chi connectivity index (χ0) is 8.27. The highest BCUT2D eigenvalue weighted by atomic mass is 127. The second-order valence-electron chi connectivity index (χ2n) is 2.04. The number of hydrogen-bond donors (Lipinski definition) is 1. The summed E-state index contributed by atoms with van der Waals surface area (Å²) in [5, 5.41) is 17.5. The summed E-state index contributed by atoms with van der Waals surface area (Å²) in [4.78, 5) is 0. The Morgan fingerprint density at radius 2 is 2.27 bits per heavy atom. The maximum atomic E-state index is 8.82. The van der Waals surface area contributed by atoms with E-state index in [4.69, 9.17) is 10.4 Å². The Hall–Kier alpha value is -0.600. The lowest BCUT2D eigenvalue weighted by atomic mass is 10.1. The first-order valence-electron chi connectivity index (χ1n) is 3.08. The number of benzene rings is 1. The van der Waals surface area contributed by atoms with Gasteiger partial charge in [0.2, 0.25) is 0 Å². The fraction of sp³-hybridized carbons (Fsp3) is 0.125. The summed E-state index contributed by atoms with van der Waals surface area (Å²) in [5.74, 6) is 0. The fourth-order valence-electron chi connectivity index (χ4n) is 0.826. The van der Waals surface area contributed by atoms with Crippen molar-refractivity contribution in [3.8, 4) is 6.07 Å². The topological polar surface area (TPSA) is 44.0 Å². The van der Waals surface area contributed by atoms with Crippen molar-refractivity contribution >= 4 is 22.6 Å². The molecule has 0 aliphatic rings. The zero-order valence-corrected chi connectivity index (χ0v) is 7.87. The smallest absolute Gasteiger partial charge is 0.101 e. The zero-order valence-electron chi connectivity index (χ0n) is 5.71. The van der Waals surface area contributed by atoms with Crippen LogP contribution < -0.4 is 0 Å². The Morgan fingerprint density at radius 1 is 1.55 bits per heavy atom. The van der Waals surface area contributed by atoms with E-state index in [1.54, 1.807) is 6.07 Å². The Balaban J connectivity index is 3.27. The van der Waals surface area contributed by atoms with E-state index in [1.165, 1.54) is 0 Å². The van der Waals surface area contributed by atoms with Gasteiger partial charge in [0.25, 0.3) is 0 Å². The molecule has 0 aromatic heterocycles. The van der Waals surface area contributed by atoms with Crippen LogP contribution >= 0.6 is 22.6 Å². The third kappa shape index (κ3) is 1.70. The van der Waals surface area contributed by atoms with E-state index in [0.29, 0.717) is 11.1 Å². The Morgan fingerprint density at radius 3 is 2.73 bits per heavy atom. The van der Waals surface area contributed by atoms with Gasteiger partial charge in [0.05, 0.1) is 12.2 Å². The minimum absolute atomic E-state index is 0.0697. The number of halogens is 1. The van der Waals surface area contributed by atoms with Crippen LogP contribution in [0.15, 0.2) is 18.2 Å². The molecular formula is C8H6INO. The average molecular weight is 259 g/mol. The number of rotatable bonds is 1. The highest BCUT2D eigenvalue weighted by molar-refractivity contribution is 14.1. The maximum absolute atomic E-state index is 8.82. The van der Waals surface area contributed by atoms with Crippen molar-refractivity contribution in [3.63, 3.8) is 0 Å². The second-order valence-corrected chi connectivity index (χ2v) is 3.21. The maximum Gasteiger partial charge on any atom is 0.101 e. The van der Waals surface area contributed by atoms with Crippen molar-refractivity contribution in [2.75, 3.05) is 0 Å². The molecule has 0 saturated carbocycles. The number of nitrogens with zero attached hydrogens (tertiary/aromatic N) is 1. The summed E-state index contributed by atoms with van der Waals surface area (Å²) in [6.07, 6.45) is 0. The van der Waals surface area contributed by atoms with Crippen LogP contribution in [0.3, 0.4) is 0 Å². The van der Waals surface area contributed by atoms with Gasteiger partial charge in [0.15, 0.2) is 0 Å². The van der Waals surface area contributed by atoms with E-state index >= 15 is 0 Å². The number of aliphatic hydroxyl groups is 1. The van der Waals surface area contributed by atoms with Crippen molar-refractivity contribution in [3.05, 3.63) is 32.9 Å². The molecule has 56 valence electrons. The summed E-state index contributed by atoms with van der Waals surface area (Å²) in [7, 11) is 0. The van der Waals surface area contributed by atoms with Crippen molar-refractivity contribution in [2.24, 2.45) is 0 Å². The summed E-state index contributed by atoms with van der Waals surface area (Å²) >= 11 is 2.08. The number of nitriles is 1. The molecule has 1 N–H and O–H groups in total. The van der Waals surface area contributed by atoms with Crippen LogP contribution in [0, 0.1) is 14.9 Å². The van der Waals surface area contributed by atoms with E-state index < -0.39 is 0 Å². The highest BCUT2D eigenvalue weighted by Gasteiger charge is 2.02. The molecule has 3 heteroatoms. The van der Waals surface area contributed by atoms with Gasteiger partial charge in [-0.25, -0.2) is 0 Å². The van der Waals surface area contributed by atoms with Crippen molar-refractivity contribution < 1.29 is 5.11 Å². The molecule has 11 heavy (non-hydrogen) atoms. The van der Waals surface area contributed by atoms with Crippen molar-refractivity contribution in [1.82, 2.24) is 0 Å². The first-order valence-corrected chi connectivity index (χ1v) is 4.16. The molecule has 0 amide bonds. The molecule has 1 aromatic rings. The van der Waals surface area contributed by atoms with E-state index in [1.807, 2.05) is 18.2 Å². The predicted octanol–water partition coefficient (Wildman–Crippen LogP) is 1.66. The van der Waals surface area contributed by atoms with Gasteiger partial charge < -0.3 is 5.11 Å². The van der Waals surface area contributed by atoms with Gasteiger partial charge in [-0.05, 0) is 34.2 Å². The SMILES string of the molecule is N#Cc1c(I)cccc1CO. The van der Waals surface area contributed by atoms with Crippen molar-refractivity contribution in [1.29, 1.82) is 5.26 Å². The predicted molar refractivity (Wildman–Crippen MR) is 49.8 cm³/mol. The van der Waals surface area contributed by atoms with Gasteiger partial charge in [-0.2, -0.15) is 5.26 Å². The largest absolute Gasteiger partial charge is 0.392 e. The normalized spacial score (nSPS) is 9.18. The summed E-state index contributed by atoms with van der Waals surface area (Å²) < 4.78 is 0.886. The van der Waals surface area contributed by atoms with Crippen LogP contribution in [-0.2, 0) is 6.61 Å². The third-order valence-electron chi connectivity index (χ3n) is 1.38. The van der Waals surface area contributed by atoms with Crippen LogP contribution in [0.5, 0.6) is 0 Å². The molecule has 0 heterocycles. The molecule has 0 fully saturated rings. The Bertz CT molecular complexity index is 303. The minimum atomic E-state index is -0.0697. The van der Waals surface area contributed by atoms with Gasteiger partial charge in [-0.15, -0.1) is 0 Å². The van der Waals surface area contributed by atoms with E-state index in [9.17, 15) is 0 Å². The van der Waals surface area contributed by atoms with Crippen molar-refractivity contribution in [2.45, 2.75) is 6.61 Å². The molecule has 2 nitrogen and oxygen atoms in total. The average Bonchev–Trinajstić information content (AvgIpc) is 2.04. The van der Waals surface area contributed by atoms with Crippen LogP contribution in [0.1, 0.15) is 11.1 Å². The Labute approximate surface area is 78.6 Å². The van der Waals surface area contributed by atoms with Crippen LogP contribution in [0.4, 0.5) is 0 Å². The lowest BCUT2D eigenvalue weighted by Gasteiger charge is -1.99. The summed E-state index contributed by atoms with van der Waals surface area (Å²) in [6, 6.07) is 7.47. The highest BCUT2D eigenvalue weighted by Crippen LogP contribution is 2.15. The molecule has 0 aliphatic heterocycles. The first kappa shape index (κ1) is 8.50. The van der Waals surface area contributed by atoms with Gasteiger partial charge >= 0.3 is 0 Å². The van der Waals surface area contributed by atoms with E-state index in [-0.39, 0.29) is 6.61 Å². The molecular weight excluding hydrogens is 253 g/mol. The second kappa shape index (κ2) is 3.69. The number of hydrogen-bond acceptors (Lipinski definition) is 2. The lowest BCUT2D eigenvalue weighted by Crippen LogP contribution is -1.91. The lowest BCUT2D eigenvalue weighted by molar-refractivity contribution is 0.281. The minimum Gasteiger partial charge on any atom is -0.392 e. The first-order chi connectivity index (χ1) is 5.29. The number of aliphatic hydroxyl groups excluding tert-OH is 1. The van der Waals surface area contributed by atoms with Crippen LogP contribution in [0.25, 0.3) is 0 Å². The Kier molecular flexibility index (Phi) is 2.85. The molecule has 0 saturated heterocycles. The molecule has 0 spiro atoms. The molecule has 0 aliphatic carbocycles. The molecule has 0 bridgehead atoms. The van der Waals surface area contributed by atoms with E-state index in [0.717, 1.165) is 3.57 Å². The third-order valence-corrected chi connectivity index (χ3v) is 2.28. The molecule has 0 radical (unpaired) electrons. The monoisotopic (exact) mass is 259 g/mol. The molecule has 0 atom stereocenters. The quantitative estimate of drug-likeness (QED) is 0.779. The van der Waals surface area contributed by atoms with E-state index in [2.05, 4.69) is 22.6 Å². The standard InChI is InChI=1S/C8H6INO/c9-8-3-1-2-6(5-11)7(8)4-10/h1-3,11H,5H2. The van der Waals surface area contributed by atoms with Gasteiger partial charge in [0, 0.05) is 3.57 Å². The van der Waals surface area contributed by atoms with Crippen LogP contribution in [0.2, 0.25) is 0 Å². The molecule has 0 unspecified atom stereocenters.